The molecule has 0 saturated heterocycles. The van der Waals surface area contributed by atoms with Gasteiger partial charge in [-0.15, -0.1) is 11.3 Å². The van der Waals surface area contributed by atoms with Gasteiger partial charge in [-0.2, -0.15) is 0 Å². The van der Waals surface area contributed by atoms with Gasteiger partial charge in [-0.3, -0.25) is 0 Å². The predicted octanol–water partition coefficient (Wildman–Crippen LogP) is 9.77. The molecule has 6 aromatic carbocycles. The highest BCUT2D eigenvalue weighted by Crippen LogP contribution is 2.42. The highest BCUT2D eigenvalue weighted by Gasteiger charge is 2.13. The van der Waals surface area contributed by atoms with Gasteiger partial charge < -0.3 is 5.32 Å². The summed E-state index contributed by atoms with van der Waals surface area (Å²) < 4.78 is 2.68. The molecule has 0 unspecified atom stereocenters. The number of benzene rings is 6. The Morgan fingerprint density at radius 2 is 1.18 bits per heavy atom. The van der Waals surface area contributed by atoms with Crippen LogP contribution >= 0.6 is 11.3 Å². The molecule has 0 saturated carbocycles. The van der Waals surface area contributed by atoms with Crippen LogP contribution in [0, 0.1) is 0 Å². The number of thiophene rings is 1. The molecule has 0 atom stereocenters. The molecule has 0 fully saturated rings. The van der Waals surface area contributed by atoms with Gasteiger partial charge in [0, 0.05) is 42.3 Å². The molecule has 0 aliphatic heterocycles. The van der Waals surface area contributed by atoms with Crippen LogP contribution in [0.4, 0.5) is 11.4 Å². The lowest BCUT2D eigenvalue weighted by atomic mass is 9.97. The van der Waals surface area contributed by atoms with E-state index in [1.165, 1.54) is 52.8 Å². The average Bonchev–Trinajstić information content (AvgIpc) is 3.28. The SMILES string of the molecule is c1ccc(-c2cc(Nc3cc4c5ccccc5sc4c4ccccc34)cc3ccccc23)cc1. The summed E-state index contributed by atoms with van der Waals surface area (Å²) in [6.45, 7) is 0. The maximum atomic E-state index is 3.80. The number of hydrogen-bond donors (Lipinski definition) is 1. The van der Waals surface area contributed by atoms with Crippen molar-refractivity contribution in [3.05, 3.63) is 121 Å². The number of hydrogen-bond acceptors (Lipinski definition) is 2. The molecule has 7 aromatic rings. The predicted molar refractivity (Wildman–Crippen MR) is 150 cm³/mol. The number of anilines is 2. The summed E-state index contributed by atoms with van der Waals surface area (Å²) in [6, 6.07) is 43.6. The van der Waals surface area contributed by atoms with Crippen LogP contribution in [-0.2, 0) is 0 Å². The number of nitrogens with one attached hydrogen (secondary N) is 1. The molecule has 1 heterocycles. The van der Waals surface area contributed by atoms with Crippen molar-refractivity contribution in [3.8, 4) is 11.1 Å². The second kappa shape index (κ2) is 7.72. The maximum absolute atomic E-state index is 3.80. The smallest absolute Gasteiger partial charge is 0.0471 e. The third-order valence-electron chi connectivity index (χ3n) is 6.61. The Bertz CT molecular complexity index is 1830. The summed E-state index contributed by atoms with van der Waals surface area (Å²) in [4.78, 5) is 0. The first-order valence-corrected chi connectivity index (χ1v) is 12.3. The maximum Gasteiger partial charge on any atom is 0.0471 e. The fourth-order valence-corrected chi connectivity index (χ4v) is 6.27. The van der Waals surface area contributed by atoms with Crippen molar-refractivity contribution < 1.29 is 0 Å². The van der Waals surface area contributed by atoms with Gasteiger partial charge in [-0.05, 0) is 46.2 Å². The van der Waals surface area contributed by atoms with Crippen LogP contribution in [0.2, 0.25) is 0 Å². The first-order chi connectivity index (χ1) is 16.8. The van der Waals surface area contributed by atoms with Gasteiger partial charge in [-0.1, -0.05) is 97.1 Å². The summed E-state index contributed by atoms with van der Waals surface area (Å²) in [5.74, 6) is 0. The van der Waals surface area contributed by atoms with Crippen molar-refractivity contribution in [3.63, 3.8) is 0 Å². The van der Waals surface area contributed by atoms with E-state index in [-0.39, 0.29) is 0 Å². The standard InChI is InChI=1S/C32H21NS/c1-2-10-21(11-3-1)28-19-23(18-22-12-4-5-13-24(22)28)33-30-20-29-26-15-8-9-17-31(26)34-32(29)27-16-7-6-14-25(27)30/h1-20,33H. The second-order valence-electron chi connectivity index (χ2n) is 8.68. The third-order valence-corrected chi connectivity index (χ3v) is 7.83. The normalized spacial score (nSPS) is 11.5. The first kappa shape index (κ1) is 19.3. The van der Waals surface area contributed by atoms with Crippen molar-refractivity contribution in [2.75, 3.05) is 5.32 Å². The van der Waals surface area contributed by atoms with Gasteiger partial charge in [0.1, 0.15) is 0 Å². The Morgan fingerprint density at radius 3 is 2.03 bits per heavy atom. The molecule has 160 valence electrons. The fourth-order valence-electron chi connectivity index (χ4n) is 5.05. The van der Waals surface area contributed by atoms with Crippen molar-refractivity contribution in [2.24, 2.45) is 0 Å². The Balaban J connectivity index is 1.47. The second-order valence-corrected chi connectivity index (χ2v) is 9.73. The molecule has 2 heteroatoms. The molecule has 0 aliphatic rings. The lowest BCUT2D eigenvalue weighted by molar-refractivity contribution is 1.59. The van der Waals surface area contributed by atoms with E-state index < -0.39 is 0 Å². The minimum atomic E-state index is 1.10. The van der Waals surface area contributed by atoms with Crippen LogP contribution in [-0.4, -0.2) is 0 Å². The first-order valence-electron chi connectivity index (χ1n) is 11.5. The molecule has 0 radical (unpaired) electrons. The highest BCUT2D eigenvalue weighted by molar-refractivity contribution is 7.26. The van der Waals surface area contributed by atoms with E-state index in [1.807, 2.05) is 11.3 Å². The van der Waals surface area contributed by atoms with Crippen LogP contribution in [0.1, 0.15) is 0 Å². The fraction of sp³-hybridized carbons (Fsp3) is 0. The molecule has 0 bridgehead atoms. The van der Waals surface area contributed by atoms with E-state index in [0.717, 1.165) is 11.4 Å². The molecule has 7 rings (SSSR count). The van der Waals surface area contributed by atoms with Crippen LogP contribution < -0.4 is 5.32 Å². The van der Waals surface area contributed by atoms with E-state index in [2.05, 4.69) is 127 Å². The van der Waals surface area contributed by atoms with Crippen LogP contribution in [0.3, 0.4) is 0 Å². The quantitative estimate of drug-likeness (QED) is 0.282. The van der Waals surface area contributed by atoms with Gasteiger partial charge in [0.25, 0.3) is 0 Å². The third kappa shape index (κ3) is 3.07. The summed E-state index contributed by atoms with van der Waals surface area (Å²) in [7, 11) is 0. The molecule has 0 aliphatic carbocycles. The van der Waals surface area contributed by atoms with Crippen LogP contribution in [0.5, 0.6) is 0 Å². The molecule has 1 N–H and O–H groups in total. The van der Waals surface area contributed by atoms with Crippen LogP contribution in [0.25, 0.3) is 52.8 Å². The zero-order valence-corrected chi connectivity index (χ0v) is 19.3. The summed E-state index contributed by atoms with van der Waals surface area (Å²) in [5, 5.41) is 11.5. The molecule has 1 aromatic heterocycles. The average molecular weight is 452 g/mol. The van der Waals surface area contributed by atoms with Gasteiger partial charge >= 0.3 is 0 Å². The topological polar surface area (TPSA) is 12.0 Å². The zero-order valence-electron chi connectivity index (χ0n) is 18.5. The summed E-state index contributed by atoms with van der Waals surface area (Å²) >= 11 is 1.88. The van der Waals surface area contributed by atoms with Crippen molar-refractivity contribution in [2.45, 2.75) is 0 Å². The van der Waals surface area contributed by atoms with E-state index in [1.54, 1.807) is 0 Å². The van der Waals surface area contributed by atoms with Gasteiger partial charge in [-0.25, -0.2) is 0 Å². The lowest BCUT2D eigenvalue weighted by Gasteiger charge is -2.15. The summed E-state index contributed by atoms with van der Waals surface area (Å²) in [5.41, 5.74) is 4.71. The Hall–Kier alpha value is -4.14. The van der Waals surface area contributed by atoms with Crippen molar-refractivity contribution >= 4 is 64.4 Å². The largest absolute Gasteiger partial charge is 0.355 e. The van der Waals surface area contributed by atoms with Crippen LogP contribution in [0.15, 0.2) is 121 Å². The van der Waals surface area contributed by atoms with E-state index in [4.69, 9.17) is 0 Å². The van der Waals surface area contributed by atoms with Gasteiger partial charge in [0.2, 0.25) is 0 Å². The Labute approximate surface area is 201 Å². The Kier molecular flexibility index (Phi) is 4.39. The molecule has 0 spiro atoms. The zero-order chi connectivity index (χ0) is 22.5. The lowest BCUT2D eigenvalue weighted by Crippen LogP contribution is -1.93. The van der Waals surface area contributed by atoms with Crippen molar-refractivity contribution in [1.82, 2.24) is 0 Å². The number of fused-ring (bicyclic) bond motifs is 6. The van der Waals surface area contributed by atoms with E-state index in [0.29, 0.717) is 0 Å². The minimum absolute atomic E-state index is 1.10. The van der Waals surface area contributed by atoms with Gasteiger partial charge in [0.05, 0.1) is 0 Å². The number of rotatable bonds is 3. The van der Waals surface area contributed by atoms with E-state index >= 15 is 0 Å². The van der Waals surface area contributed by atoms with Gasteiger partial charge in [0.15, 0.2) is 0 Å². The van der Waals surface area contributed by atoms with Crippen molar-refractivity contribution in [1.29, 1.82) is 0 Å². The minimum Gasteiger partial charge on any atom is -0.355 e. The molecule has 34 heavy (non-hydrogen) atoms. The monoisotopic (exact) mass is 451 g/mol. The summed E-state index contributed by atoms with van der Waals surface area (Å²) in [6.07, 6.45) is 0. The van der Waals surface area contributed by atoms with E-state index in [9.17, 15) is 0 Å². The molecule has 1 nitrogen and oxygen atoms in total. The highest BCUT2D eigenvalue weighted by atomic mass is 32.1. The molecular formula is C32H21NS. The Morgan fingerprint density at radius 1 is 0.500 bits per heavy atom. The molecular weight excluding hydrogens is 430 g/mol. The molecule has 0 amide bonds.